The maximum Gasteiger partial charge on any atom is 0.169 e. The van der Waals surface area contributed by atoms with Crippen LogP contribution in [0.2, 0.25) is 0 Å². The van der Waals surface area contributed by atoms with Gasteiger partial charge in [-0.1, -0.05) is 13.3 Å². The molecule has 0 amide bonds. The maximum atomic E-state index is 5.33. The number of rotatable bonds is 3. The third-order valence-electron chi connectivity index (χ3n) is 2.71. The van der Waals surface area contributed by atoms with E-state index in [9.17, 15) is 0 Å². The van der Waals surface area contributed by atoms with Gasteiger partial charge >= 0.3 is 0 Å². The summed E-state index contributed by atoms with van der Waals surface area (Å²) in [5.41, 5.74) is 0. The van der Waals surface area contributed by atoms with Crippen molar-refractivity contribution in [3.8, 4) is 0 Å². The molecule has 0 aliphatic carbocycles. The summed E-state index contributed by atoms with van der Waals surface area (Å²) in [4.78, 5) is 3.90. The molecule has 0 bridgehead atoms. The van der Waals surface area contributed by atoms with E-state index in [-0.39, 0.29) is 0 Å². The Balaban J connectivity index is 2.17. The number of thiocarbonyl (C=S) groups is 1. The van der Waals surface area contributed by atoms with Crippen LogP contribution in [-0.2, 0) is 0 Å². The number of nitrogens with one attached hydrogen (secondary N) is 2. The molecule has 0 aromatic rings. The molecule has 0 aromatic carbocycles. The Kier molecular flexibility index (Phi) is 5.19. The van der Waals surface area contributed by atoms with Gasteiger partial charge in [-0.2, -0.15) is 0 Å². The topological polar surface area (TPSA) is 19.7 Å². The van der Waals surface area contributed by atoms with Crippen LogP contribution in [0, 0.1) is 0 Å². The molecule has 0 saturated carbocycles. The van der Waals surface area contributed by atoms with Crippen molar-refractivity contribution in [3.05, 3.63) is 0 Å². The number of likely N-dealkylation sites (N-methyl/N-ethyl adjacent to an activating group) is 1. The molecule has 1 heterocycles. The molecule has 4 heteroatoms. The first-order chi connectivity index (χ1) is 6.74. The molecule has 0 radical (unpaired) electrons. The molecule has 14 heavy (non-hydrogen) atoms. The minimum Gasteiger partial charge on any atom is -0.363 e. The van der Waals surface area contributed by atoms with Crippen molar-refractivity contribution in [2.45, 2.75) is 19.8 Å². The normalized spacial score (nSPS) is 18.3. The van der Waals surface area contributed by atoms with Crippen LogP contribution in [-0.4, -0.2) is 49.8 Å². The molecule has 0 atom stereocenters. The van der Waals surface area contributed by atoms with E-state index in [0.717, 1.165) is 24.7 Å². The van der Waals surface area contributed by atoms with Gasteiger partial charge in [-0.15, -0.1) is 0 Å². The summed E-state index contributed by atoms with van der Waals surface area (Å²) >= 11 is 5.33. The minimum atomic E-state index is 0.950. The minimum absolute atomic E-state index is 0.950. The van der Waals surface area contributed by atoms with Crippen LogP contribution in [0.15, 0.2) is 0 Å². The van der Waals surface area contributed by atoms with Crippen LogP contribution < -0.4 is 10.2 Å². The molecule has 2 N–H and O–H groups in total. The van der Waals surface area contributed by atoms with Gasteiger partial charge in [0.25, 0.3) is 0 Å². The number of hydrogen-bond donors (Lipinski definition) is 2. The van der Waals surface area contributed by atoms with E-state index in [0.29, 0.717) is 0 Å². The van der Waals surface area contributed by atoms with E-state index in [1.165, 1.54) is 25.9 Å². The zero-order chi connectivity index (χ0) is 10.4. The van der Waals surface area contributed by atoms with Crippen molar-refractivity contribution in [3.63, 3.8) is 0 Å². The smallest absolute Gasteiger partial charge is 0.169 e. The summed E-state index contributed by atoms with van der Waals surface area (Å²) in [7, 11) is 2.24. The van der Waals surface area contributed by atoms with Gasteiger partial charge in [-0.05, 0) is 18.6 Å². The first-order valence-electron chi connectivity index (χ1n) is 5.58. The molecule has 1 aliphatic rings. The molecule has 1 aliphatic heterocycles. The van der Waals surface area contributed by atoms with E-state index in [1.54, 1.807) is 4.90 Å². The van der Waals surface area contributed by atoms with Gasteiger partial charge in [0.2, 0.25) is 0 Å². The highest BCUT2D eigenvalue weighted by Gasteiger charge is 2.17. The third-order valence-corrected chi connectivity index (χ3v) is 3.11. The van der Waals surface area contributed by atoms with Crippen molar-refractivity contribution >= 4 is 17.3 Å². The molecule has 0 spiro atoms. The van der Waals surface area contributed by atoms with E-state index >= 15 is 0 Å². The van der Waals surface area contributed by atoms with Crippen molar-refractivity contribution in [1.82, 2.24) is 10.2 Å². The fourth-order valence-corrected chi connectivity index (χ4v) is 1.86. The van der Waals surface area contributed by atoms with Gasteiger partial charge in [0.05, 0.1) is 33.2 Å². The number of nitrogens with zero attached hydrogens (tertiary/aromatic N) is 1. The molecule has 82 valence electrons. The highest BCUT2D eigenvalue weighted by molar-refractivity contribution is 7.80. The SMILES string of the molecule is CCCCNC(=S)N1CC[NH+](C)CC1. The third kappa shape index (κ3) is 3.80. The summed E-state index contributed by atoms with van der Waals surface area (Å²) in [6, 6.07) is 0. The summed E-state index contributed by atoms with van der Waals surface area (Å²) in [6.07, 6.45) is 2.43. The van der Waals surface area contributed by atoms with Gasteiger partial charge in [0.1, 0.15) is 0 Å². The van der Waals surface area contributed by atoms with Crippen LogP contribution in [0.3, 0.4) is 0 Å². The fourth-order valence-electron chi connectivity index (χ4n) is 1.58. The number of quaternary nitrogens is 1. The summed E-state index contributed by atoms with van der Waals surface area (Å²) in [5, 5.41) is 4.27. The Morgan fingerprint density at radius 3 is 2.64 bits per heavy atom. The van der Waals surface area contributed by atoms with Gasteiger partial charge < -0.3 is 15.1 Å². The molecule has 0 aromatic heterocycles. The lowest BCUT2D eigenvalue weighted by Gasteiger charge is -2.32. The van der Waals surface area contributed by atoms with Gasteiger partial charge in [0.15, 0.2) is 5.11 Å². The second-order valence-electron chi connectivity index (χ2n) is 4.03. The maximum absolute atomic E-state index is 5.33. The standard InChI is InChI=1S/C10H21N3S/c1-3-4-5-11-10(14)13-8-6-12(2)7-9-13/h3-9H2,1-2H3,(H,11,14)/p+1. The second kappa shape index (κ2) is 6.19. The van der Waals surface area contributed by atoms with Gasteiger partial charge in [-0.3, -0.25) is 0 Å². The van der Waals surface area contributed by atoms with Gasteiger partial charge in [-0.25, -0.2) is 0 Å². The fraction of sp³-hybridized carbons (Fsp3) is 0.900. The molecule has 0 unspecified atom stereocenters. The van der Waals surface area contributed by atoms with Crippen LogP contribution in [0.1, 0.15) is 19.8 Å². The predicted molar refractivity (Wildman–Crippen MR) is 63.7 cm³/mol. The number of piperazine rings is 1. The molecular weight excluding hydrogens is 194 g/mol. The first kappa shape index (κ1) is 11.7. The van der Waals surface area contributed by atoms with Crippen molar-refractivity contribution in [1.29, 1.82) is 0 Å². The van der Waals surface area contributed by atoms with Crippen LogP contribution >= 0.6 is 12.2 Å². The quantitative estimate of drug-likeness (QED) is 0.490. The van der Waals surface area contributed by atoms with E-state index in [4.69, 9.17) is 12.2 Å². The summed E-state index contributed by atoms with van der Waals surface area (Å²) < 4.78 is 0. The number of unbranched alkanes of at least 4 members (excludes halogenated alkanes) is 1. The summed E-state index contributed by atoms with van der Waals surface area (Å²) in [6.45, 7) is 7.83. The lowest BCUT2D eigenvalue weighted by atomic mass is 10.3. The molecule has 1 saturated heterocycles. The Labute approximate surface area is 92.4 Å². The highest BCUT2D eigenvalue weighted by atomic mass is 32.1. The molecule has 3 nitrogen and oxygen atoms in total. The number of hydrogen-bond acceptors (Lipinski definition) is 1. The lowest BCUT2D eigenvalue weighted by Crippen LogP contribution is -3.12. The van der Waals surface area contributed by atoms with Crippen LogP contribution in [0.25, 0.3) is 0 Å². The van der Waals surface area contributed by atoms with E-state index in [2.05, 4.69) is 24.2 Å². The van der Waals surface area contributed by atoms with E-state index < -0.39 is 0 Å². The Hall–Kier alpha value is -0.350. The van der Waals surface area contributed by atoms with Crippen molar-refractivity contribution < 1.29 is 4.90 Å². The zero-order valence-electron chi connectivity index (χ0n) is 9.31. The first-order valence-corrected chi connectivity index (χ1v) is 5.99. The average molecular weight is 216 g/mol. The van der Waals surface area contributed by atoms with E-state index in [1.807, 2.05) is 0 Å². The highest BCUT2D eigenvalue weighted by Crippen LogP contribution is 1.92. The monoisotopic (exact) mass is 216 g/mol. The largest absolute Gasteiger partial charge is 0.363 e. The second-order valence-corrected chi connectivity index (χ2v) is 4.42. The lowest BCUT2D eigenvalue weighted by molar-refractivity contribution is -0.883. The average Bonchev–Trinajstić information content (AvgIpc) is 2.19. The van der Waals surface area contributed by atoms with Crippen LogP contribution in [0.4, 0.5) is 0 Å². The Morgan fingerprint density at radius 1 is 1.43 bits per heavy atom. The predicted octanol–water partition coefficient (Wildman–Crippen LogP) is -0.509. The van der Waals surface area contributed by atoms with Gasteiger partial charge in [0, 0.05) is 6.54 Å². The summed E-state index contributed by atoms with van der Waals surface area (Å²) in [5.74, 6) is 0. The zero-order valence-corrected chi connectivity index (χ0v) is 10.1. The Bertz CT molecular complexity index is 176. The van der Waals surface area contributed by atoms with Crippen LogP contribution in [0.5, 0.6) is 0 Å². The van der Waals surface area contributed by atoms with Crippen molar-refractivity contribution in [2.24, 2.45) is 0 Å². The molecule has 1 fully saturated rings. The Morgan fingerprint density at radius 2 is 2.07 bits per heavy atom. The molecule has 1 rings (SSSR count). The van der Waals surface area contributed by atoms with Crippen molar-refractivity contribution in [2.75, 3.05) is 39.8 Å². The molecular formula is C10H22N3S+.